The molecule has 0 atom stereocenters. The Hall–Kier alpha value is -1.73. The Morgan fingerprint density at radius 2 is 1.71 bits per heavy atom. The Labute approximate surface area is 130 Å². The summed E-state index contributed by atoms with van der Waals surface area (Å²) in [6.45, 7) is 0. The van der Waals surface area contributed by atoms with E-state index in [1.165, 1.54) is 28.9 Å². The Kier molecular flexibility index (Phi) is 3.55. The van der Waals surface area contributed by atoms with Gasteiger partial charge in [0.2, 0.25) is 0 Å². The second-order valence-corrected chi connectivity index (χ2v) is 5.26. The number of halogens is 2. The molecule has 21 heavy (non-hydrogen) atoms. The van der Waals surface area contributed by atoms with Gasteiger partial charge < -0.3 is 15.2 Å². The fourth-order valence-corrected chi connectivity index (χ4v) is 2.60. The number of benzene rings is 2. The van der Waals surface area contributed by atoms with Crippen molar-refractivity contribution >= 4 is 46.7 Å². The molecular weight excluding hydrogens is 314 g/mol. The summed E-state index contributed by atoms with van der Waals surface area (Å²) < 4.78 is 1.46. The minimum Gasteiger partial charge on any atom is -0.508 e. The van der Waals surface area contributed by atoms with Crippen LogP contribution in [-0.4, -0.2) is 32.1 Å². The zero-order chi connectivity index (χ0) is 15.1. The number of phenols is 1. The van der Waals surface area contributed by atoms with Crippen LogP contribution in [0.1, 0.15) is 0 Å². The lowest BCUT2D eigenvalue weighted by Crippen LogP contribution is -2.29. The second-order valence-electron chi connectivity index (χ2n) is 4.49. The zero-order valence-electron chi connectivity index (χ0n) is 10.5. The molecule has 1 aromatic heterocycles. The predicted molar refractivity (Wildman–Crippen MR) is 82.6 cm³/mol. The van der Waals surface area contributed by atoms with E-state index in [2.05, 4.69) is 5.10 Å². The molecule has 1 heterocycles. The average Bonchev–Trinajstić information content (AvgIpc) is 2.78. The van der Waals surface area contributed by atoms with E-state index in [0.717, 1.165) is 0 Å². The van der Waals surface area contributed by atoms with Gasteiger partial charge in [-0.25, -0.2) is 4.68 Å². The smallest absolute Gasteiger partial charge is 0.488 e. The number of aromatic hydroxyl groups is 1. The molecule has 0 unspecified atom stereocenters. The molecular formula is C13H9BCl2N2O3. The van der Waals surface area contributed by atoms with Crippen LogP contribution in [0, 0.1) is 0 Å². The van der Waals surface area contributed by atoms with E-state index < -0.39 is 7.12 Å². The van der Waals surface area contributed by atoms with Gasteiger partial charge in [0.25, 0.3) is 0 Å². The van der Waals surface area contributed by atoms with Crippen LogP contribution in [-0.2, 0) is 0 Å². The first kappa shape index (κ1) is 14.2. The molecule has 3 N–H and O–H groups in total. The summed E-state index contributed by atoms with van der Waals surface area (Å²) in [5.74, 6) is 0.135. The maximum atomic E-state index is 9.31. The molecule has 8 heteroatoms. The van der Waals surface area contributed by atoms with E-state index in [9.17, 15) is 15.2 Å². The van der Waals surface area contributed by atoms with E-state index in [0.29, 0.717) is 21.7 Å². The van der Waals surface area contributed by atoms with Crippen molar-refractivity contribution < 1.29 is 15.2 Å². The van der Waals surface area contributed by atoms with Gasteiger partial charge in [0, 0.05) is 5.39 Å². The summed E-state index contributed by atoms with van der Waals surface area (Å²) in [7, 11) is -1.64. The van der Waals surface area contributed by atoms with E-state index in [1.807, 2.05) is 0 Å². The molecule has 0 aliphatic heterocycles. The number of phenolic OH excluding ortho intramolecular Hbond substituents is 1. The molecule has 0 saturated heterocycles. The molecule has 0 bridgehead atoms. The monoisotopic (exact) mass is 322 g/mol. The quantitative estimate of drug-likeness (QED) is 0.628. The van der Waals surface area contributed by atoms with Gasteiger partial charge >= 0.3 is 7.12 Å². The van der Waals surface area contributed by atoms with Crippen LogP contribution >= 0.6 is 23.2 Å². The van der Waals surface area contributed by atoms with Crippen molar-refractivity contribution in [3.63, 3.8) is 0 Å². The molecule has 2 aromatic carbocycles. The van der Waals surface area contributed by atoms with Crippen molar-refractivity contribution in [3.05, 3.63) is 46.6 Å². The van der Waals surface area contributed by atoms with Crippen molar-refractivity contribution in [2.24, 2.45) is 0 Å². The maximum Gasteiger partial charge on any atom is 0.488 e. The van der Waals surface area contributed by atoms with E-state index in [4.69, 9.17) is 23.2 Å². The van der Waals surface area contributed by atoms with Gasteiger partial charge in [-0.05, 0) is 41.9 Å². The summed E-state index contributed by atoms with van der Waals surface area (Å²) in [6.07, 6.45) is 0. The summed E-state index contributed by atoms with van der Waals surface area (Å²) in [5.41, 5.74) is 1.34. The Bertz CT molecular complexity index is 818. The summed E-state index contributed by atoms with van der Waals surface area (Å²) in [4.78, 5) is 0. The van der Waals surface area contributed by atoms with E-state index in [1.54, 1.807) is 12.1 Å². The first-order valence-electron chi connectivity index (χ1n) is 6.00. The molecule has 106 valence electrons. The third-order valence-corrected chi connectivity index (χ3v) is 3.74. The van der Waals surface area contributed by atoms with Crippen LogP contribution < -0.4 is 5.46 Å². The predicted octanol–water partition coefficient (Wildman–Crippen LogP) is 1.72. The highest BCUT2D eigenvalue weighted by atomic mass is 35.5. The van der Waals surface area contributed by atoms with Crippen LogP contribution in [0.3, 0.4) is 0 Å². The van der Waals surface area contributed by atoms with Crippen molar-refractivity contribution in [2.75, 3.05) is 0 Å². The molecule has 0 amide bonds. The maximum absolute atomic E-state index is 9.31. The fraction of sp³-hybridized carbons (Fsp3) is 0. The van der Waals surface area contributed by atoms with Crippen molar-refractivity contribution in [2.45, 2.75) is 0 Å². The van der Waals surface area contributed by atoms with Crippen LogP contribution in [0.15, 0.2) is 36.4 Å². The Morgan fingerprint density at radius 1 is 1.05 bits per heavy atom. The molecule has 3 rings (SSSR count). The van der Waals surface area contributed by atoms with Crippen molar-refractivity contribution in [1.82, 2.24) is 9.78 Å². The number of hydrogen-bond donors (Lipinski definition) is 3. The summed E-state index contributed by atoms with van der Waals surface area (Å²) in [6, 6.07) is 9.30. The average molecular weight is 323 g/mol. The van der Waals surface area contributed by atoms with E-state index >= 15 is 0 Å². The van der Waals surface area contributed by atoms with Gasteiger partial charge in [-0.15, -0.1) is 0 Å². The highest BCUT2D eigenvalue weighted by molar-refractivity contribution is 6.59. The van der Waals surface area contributed by atoms with Gasteiger partial charge in [0.1, 0.15) is 16.4 Å². The topological polar surface area (TPSA) is 78.5 Å². The van der Waals surface area contributed by atoms with Crippen molar-refractivity contribution in [3.8, 4) is 11.4 Å². The second kappa shape index (κ2) is 5.24. The molecule has 5 nitrogen and oxygen atoms in total. The molecule has 0 aliphatic rings. The minimum atomic E-state index is -1.64. The molecule has 0 radical (unpaired) electrons. The van der Waals surface area contributed by atoms with Crippen LogP contribution in [0.5, 0.6) is 5.75 Å². The third-order valence-electron chi connectivity index (χ3n) is 3.09. The first-order valence-corrected chi connectivity index (χ1v) is 6.76. The van der Waals surface area contributed by atoms with Gasteiger partial charge in [-0.2, -0.15) is 5.10 Å². The van der Waals surface area contributed by atoms with E-state index in [-0.39, 0.29) is 16.2 Å². The molecule has 0 spiro atoms. The fourth-order valence-electron chi connectivity index (χ4n) is 2.05. The van der Waals surface area contributed by atoms with Crippen molar-refractivity contribution in [1.29, 1.82) is 0 Å². The minimum absolute atomic E-state index is 0.135. The summed E-state index contributed by atoms with van der Waals surface area (Å²) in [5, 5.41) is 33.2. The Balaban J connectivity index is 2.24. The van der Waals surface area contributed by atoms with Gasteiger partial charge in [-0.3, -0.25) is 0 Å². The first-order chi connectivity index (χ1) is 9.97. The largest absolute Gasteiger partial charge is 0.508 e. The summed E-state index contributed by atoms with van der Waals surface area (Å²) >= 11 is 12.4. The molecule has 0 fully saturated rings. The number of aromatic nitrogens is 2. The number of fused-ring (bicyclic) bond motifs is 1. The lowest BCUT2D eigenvalue weighted by molar-refractivity contribution is 0.426. The number of rotatable bonds is 2. The molecule has 0 aliphatic carbocycles. The Morgan fingerprint density at radius 3 is 2.33 bits per heavy atom. The standard InChI is InChI=1S/C13H9BCl2N2O3/c15-11-6-7(14(20)21)5-10-12(11)17-18(13(10)16)8-1-3-9(19)4-2-8/h1-6,19-21H. The molecule has 0 saturated carbocycles. The van der Waals surface area contributed by atoms with Gasteiger partial charge in [0.05, 0.1) is 10.7 Å². The van der Waals surface area contributed by atoms with Crippen LogP contribution in [0.2, 0.25) is 10.2 Å². The zero-order valence-corrected chi connectivity index (χ0v) is 12.0. The lowest BCUT2D eigenvalue weighted by Gasteiger charge is -2.02. The highest BCUT2D eigenvalue weighted by Crippen LogP contribution is 2.30. The van der Waals surface area contributed by atoms with Crippen LogP contribution in [0.25, 0.3) is 16.6 Å². The number of hydrogen-bond acceptors (Lipinski definition) is 4. The SMILES string of the molecule is OB(O)c1cc(Cl)c2nn(-c3ccc(O)cc3)c(Cl)c2c1. The highest BCUT2D eigenvalue weighted by Gasteiger charge is 2.19. The normalized spacial score (nSPS) is 11.0. The number of nitrogens with zero attached hydrogens (tertiary/aromatic N) is 2. The van der Waals surface area contributed by atoms with Gasteiger partial charge in [0.15, 0.2) is 0 Å². The lowest BCUT2D eigenvalue weighted by atomic mass is 9.80. The van der Waals surface area contributed by atoms with Crippen LogP contribution in [0.4, 0.5) is 0 Å². The third kappa shape index (κ3) is 2.47. The molecule has 3 aromatic rings. The van der Waals surface area contributed by atoms with Gasteiger partial charge in [-0.1, -0.05) is 23.2 Å².